The quantitative estimate of drug-likeness (QED) is 0.227. The molecule has 0 atom stereocenters. The third-order valence-electron chi connectivity index (χ3n) is 5.23. The van der Waals surface area contributed by atoms with Crippen molar-refractivity contribution in [2.75, 3.05) is 7.11 Å². The molecule has 0 saturated carbocycles. The standard InChI is InChI=1S/C30H20O4/c1-34-25-17-15-24(16-18-25)29(32)30(33)26-19-14-22(13-12-21-8-4-2-5-9-21)20-27(26)28(31)23-10-6-3-7-11-23/h2-11,14-20H,1H3. The molecular formula is C30H20O4. The maximum atomic E-state index is 13.3. The van der Waals surface area contributed by atoms with E-state index in [4.69, 9.17) is 4.74 Å². The summed E-state index contributed by atoms with van der Waals surface area (Å²) in [6, 6.07) is 29.1. The van der Waals surface area contributed by atoms with Crippen LogP contribution in [0.5, 0.6) is 5.75 Å². The fourth-order valence-electron chi connectivity index (χ4n) is 3.41. The minimum atomic E-state index is -0.757. The predicted molar refractivity (Wildman–Crippen MR) is 130 cm³/mol. The average molecular weight is 444 g/mol. The van der Waals surface area contributed by atoms with Crippen LogP contribution in [0, 0.1) is 11.8 Å². The molecule has 4 nitrogen and oxygen atoms in total. The maximum absolute atomic E-state index is 13.3. The minimum Gasteiger partial charge on any atom is -0.497 e. The smallest absolute Gasteiger partial charge is 0.234 e. The van der Waals surface area contributed by atoms with E-state index in [0.29, 0.717) is 16.9 Å². The first-order chi connectivity index (χ1) is 16.6. The van der Waals surface area contributed by atoms with Gasteiger partial charge in [0, 0.05) is 33.4 Å². The first kappa shape index (κ1) is 22.4. The van der Waals surface area contributed by atoms with Crippen LogP contribution in [0.4, 0.5) is 0 Å². The molecule has 164 valence electrons. The van der Waals surface area contributed by atoms with Crippen LogP contribution in [0.1, 0.15) is 47.8 Å². The number of carbonyl (C=O) groups is 3. The molecule has 0 fully saturated rings. The van der Waals surface area contributed by atoms with Crippen LogP contribution in [-0.2, 0) is 0 Å². The Kier molecular flexibility index (Phi) is 6.76. The summed E-state index contributed by atoms with van der Waals surface area (Å²) in [5.41, 5.74) is 2.21. The molecule has 0 heterocycles. The Morgan fingerprint density at radius 1 is 0.588 bits per heavy atom. The van der Waals surface area contributed by atoms with E-state index in [9.17, 15) is 14.4 Å². The molecule has 34 heavy (non-hydrogen) atoms. The first-order valence-electron chi connectivity index (χ1n) is 10.6. The van der Waals surface area contributed by atoms with Gasteiger partial charge in [0.15, 0.2) is 5.78 Å². The van der Waals surface area contributed by atoms with Gasteiger partial charge >= 0.3 is 0 Å². The molecule has 4 heteroatoms. The molecule has 0 saturated heterocycles. The highest BCUT2D eigenvalue weighted by atomic mass is 16.5. The van der Waals surface area contributed by atoms with Gasteiger partial charge in [0.2, 0.25) is 11.6 Å². The molecule has 0 spiro atoms. The van der Waals surface area contributed by atoms with Crippen LogP contribution in [-0.4, -0.2) is 24.5 Å². The zero-order chi connectivity index (χ0) is 23.9. The van der Waals surface area contributed by atoms with E-state index < -0.39 is 11.6 Å². The minimum absolute atomic E-state index is 0.0416. The van der Waals surface area contributed by atoms with Crippen molar-refractivity contribution in [2.24, 2.45) is 0 Å². The van der Waals surface area contributed by atoms with Gasteiger partial charge < -0.3 is 4.74 Å². The number of benzene rings is 4. The van der Waals surface area contributed by atoms with Crippen molar-refractivity contribution in [3.8, 4) is 17.6 Å². The molecule has 4 aromatic carbocycles. The summed E-state index contributed by atoms with van der Waals surface area (Å²) in [6.07, 6.45) is 0. The lowest BCUT2D eigenvalue weighted by molar-refractivity contribution is 0.0815. The Labute approximate surface area is 197 Å². The number of hydrogen-bond donors (Lipinski definition) is 0. The summed E-state index contributed by atoms with van der Waals surface area (Å²) in [6.45, 7) is 0. The van der Waals surface area contributed by atoms with Crippen LogP contribution in [0.15, 0.2) is 103 Å². The van der Waals surface area contributed by atoms with E-state index in [0.717, 1.165) is 5.56 Å². The second-order valence-electron chi connectivity index (χ2n) is 7.46. The third kappa shape index (κ3) is 5.01. The molecular weight excluding hydrogens is 424 g/mol. The maximum Gasteiger partial charge on any atom is 0.234 e. The Morgan fingerprint density at radius 3 is 1.85 bits per heavy atom. The molecule has 0 bridgehead atoms. The molecule has 0 unspecified atom stereocenters. The van der Waals surface area contributed by atoms with Gasteiger partial charge in [0.1, 0.15) is 5.75 Å². The molecule has 0 radical (unpaired) electrons. The number of ketones is 3. The third-order valence-corrected chi connectivity index (χ3v) is 5.23. The normalized spacial score (nSPS) is 10.0. The molecule has 0 aliphatic heterocycles. The lowest BCUT2D eigenvalue weighted by atomic mass is 9.91. The Morgan fingerprint density at radius 2 is 1.21 bits per heavy atom. The highest BCUT2D eigenvalue weighted by molar-refractivity contribution is 6.50. The van der Waals surface area contributed by atoms with Gasteiger partial charge in [0.25, 0.3) is 0 Å². The average Bonchev–Trinajstić information content (AvgIpc) is 2.91. The van der Waals surface area contributed by atoms with Crippen LogP contribution in [0.3, 0.4) is 0 Å². The zero-order valence-electron chi connectivity index (χ0n) is 18.4. The van der Waals surface area contributed by atoms with E-state index in [1.165, 1.54) is 25.3 Å². The van der Waals surface area contributed by atoms with Crippen LogP contribution in [0.25, 0.3) is 0 Å². The summed E-state index contributed by atoms with van der Waals surface area (Å²) < 4.78 is 5.11. The fourth-order valence-corrected chi connectivity index (χ4v) is 3.41. The summed E-state index contributed by atoms with van der Waals surface area (Å²) in [4.78, 5) is 39.4. The number of rotatable bonds is 6. The van der Waals surface area contributed by atoms with E-state index in [1.54, 1.807) is 54.6 Å². The van der Waals surface area contributed by atoms with E-state index in [2.05, 4.69) is 11.8 Å². The Hall–Kier alpha value is -4.75. The summed E-state index contributed by atoms with van der Waals surface area (Å²) >= 11 is 0. The Balaban J connectivity index is 1.74. The molecule has 4 rings (SSSR count). The molecule has 0 aromatic heterocycles. The summed E-state index contributed by atoms with van der Waals surface area (Å²) in [7, 11) is 1.52. The van der Waals surface area contributed by atoms with Gasteiger partial charge in [-0.1, -0.05) is 60.4 Å². The van der Waals surface area contributed by atoms with Crippen molar-refractivity contribution in [3.63, 3.8) is 0 Å². The van der Waals surface area contributed by atoms with Gasteiger partial charge in [-0.15, -0.1) is 0 Å². The second-order valence-corrected chi connectivity index (χ2v) is 7.46. The largest absolute Gasteiger partial charge is 0.497 e. The van der Waals surface area contributed by atoms with Gasteiger partial charge in [-0.3, -0.25) is 14.4 Å². The first-order valence-corrected chi connectivity index (χ1v) is 10.6. The highest BCUT2D eigenvalue weighted by Crippen LogP contribution is 2.20. The zero-order valence-corrected chi connectivity index (χ0v) is 18.4. The van der Waals surface area contributed by atoms with Crippen LogP contribution in [0.2, 0.25) is 0 Å². The number of Topliss-reactive ketones (excluding diaryl/α,β-unsaturated/α-hetero) is 2. The van der Waals surface area contributed by atoms with Gasteiger partial charge in [-0.25, -0.2) is 0 Å². The van der Waals surface area contributed by atoms with Gasteiger partial charge in [-0.2, -0.15) is 0 Å². The van der Waals surface area contributed by atoms with Crippen LogP contribution < -0.4 is 4.74 Å². The second kappa shape index (κ2) is 10.2. The van der Waals surface area contributed by atoms with E-state index in [1.807, 2.05) is 30.3 Å². The van der Waals surface area contributed by atoms with Crippen molar-refractivity contribution in [3.05, 3.63) is 137 Å². The molecule has 4 aromatic rings. The summed E-state index contributed by atoms with van der Waals surface area (Å²) in [5, 5.41) is 0. The summed E-state index contributed by atoms with van der Waals surface area (Å²) in [5.74, 6) is 4.85. The van der Waals surface area contributed by atoms with Crippen molar-refractivity contribution < 1.29 is 19.1 Å². The fraction of sp³-hybridized carbons (Fsp3) is 0.0333. The number of carbonyl (C=O) groups excluding carboxylic acids is 3. The van der Waals surface area contributed by atoms with E-state index >= 15 is 0 Å². The monoisotopic (exact) mass is 444 g/mol. The molecule has 0 amide bonds. The number of methoxy groups -OCH3 is 1. The van der Waals surface area contributed by atoms with Gasteiger partial charge in [-0.05, 0) is 54.6 Å². The highest BCUT2D eigenvalue weighted by Gasteiger charge is 2.25. The molecule has 0 aliphatic rings. The van der Waals surface area contributed by atoms with Crippen molar-refractivity contribution in [1.82, 2.24) is 0 Å². The van der Waals surface area contributed by atoms with Crippen LogP contribution >= 0.6 is 0 Å². The predicted octanol–water partition coefficient (Wildman–Crippen LogP) is 5.39. The SMILES string of the molecule is COc1ccc(C(=O)C(=O)c2ccc(C#Cc3ccccc3)cc2C(=O)c2ccccc2)cc1. The Bertz CT molecular complexity index is 1410. The molecule has 0 aliphatic carbocycles. The topological polar surface area (TPSA) is 60.4 Å². The van der Waals surface area contributed by atoms with Gasteiger partial charge in [0.05, 0.1) is 7.11 Å². The number of hydrogen-bond acceptors (Lipinski definition) is 4. The van der Waals surface area contributed by atoms with Crippen molar-refractivity contribution >= 4 is 17.3 Å². The molecule has 0 N–H and O–H groups in total. The van der Waals surface area contributed by atoms with Crippen molar-refractivity contribution in [1.29, 1.82) is 0 Å². The number of ether oxygens (including phenoxy) is 1. The van der Waals surface area contributed by atoms with E-state index in [-0.39, 0.29) is 22.5 Å². The lowest BCUT2D eigenvalue weighted by Gasteiger charge is -2.09. The van der Waals surface area contributed by atoms with Crippen molar-refractivity contribution in [2.45, 2.75) is 0 Å². The lowest BCUT2D eigenvalue weighted by Crippen LogP contribution is -2.18.